The number of β-lactam (4-membered cyclic amide) rings is 1. The van der Waals surface area contributed by atoms with Crippen LogP contribution in [-0.4, -0.2) is 62.4 Å². The summed E-state index contributed by atoms with van der Waals surface area (Å²) in [7, 11) is 0. The van der Waals surface area contributed by atoms with Gasteiger partial charge in [-0.2, -0.15) is 0 Å². The van der Waals surface area contributed by atoms with E-state index >= 15 is 0 Å². The fourth-order valence-electron chi connectivity index (χ4n) is 3.49. The molecule has 0 spiro atoms. The van der Waals surface area contributed by atoms with Gasteiger partial charge in [0.1, 0.15) is 28.8 Å². The largest absolute Gasteiger partial charge is 0.477 e. The molecule has 1 fully saturated rings. The number of carboxylic acids is 1. The Morgan fingerprint density at radius 2 is 1.85 bits per heavy atom. The van der Waals surface area contributed by atoms with Crippen LogP contribution >= 0.6 is 23.5 Å². The molecule has 1 saturated heterocycles. The Morgan fingerprint density at radius 3 is 2.39 bits per heavy atom. The van der Waals surface area contributed by atoms with Crippen molar-refractivity contribution in [3.63, 3.8) is 0 Å². The molecule has 1 aromatic rings. The van der Waals surface area contributed by atoms with E-state index in [0.717, 1.165) is 4.90 Å². The summed E-state index contributed by atoms with van der Waals surface area (Å²) in [5, 5.41) is 14.0. The standard InChI is InChI=1S/C22H27N3O6S2/c1-11-10-14(20(28)29)25-18(27)16(19(25)33-11)23-17(26)15(24-21(30)31-22(2,3)4)12-6-8-13(32-5)9-7-12/h6-11,15-16,19H,1-5H3,(H,23,26)(H,24,30)(H,28,29)/t11?,15?,16?,19-/m1/s1. The molecule has 0 aromatic heterocycles. The highest BCUT2D eigenvalue weighted by Gasteiger charge is 2.54. The molecule has 2 aliphatic rings. The van der Waals surface area contributed by atoms with Gasteiger partial charge in [-0.3, -0.25) is 14.5 Å². The topological polar surface area (TPSA) is 125 Å². The first-order valence-electron chi connectivity index (χ1n) is 10.3. The molecular weight excluding hydrogens is 466 g/mol. The lowest BCUT2D eigenvalue weighted by Crippen LogP contribution is -2.71. The zero-order valence-electron chi connectivity index (χ0n) is 18.9. The minimum absolute atomic E-state index is 0.0853. The van der Waals surface area contributed by atoms with Gasteiger partial charge in [0.2, 0.25) is 5.91 Å². The molecule has 2 heterocycles. The fraction of sp³-hybridized carbons (Fsp3) is 0.455. The quantitative estimate of drug-likeness (QED) is 0.408. The Balaban J connectivity index is 1.80. The third-order valence-corrected chi connectivity index (χ3v) is 7.01. The van der Waals surface area contributed by atoms with Gasteiger partial charge < -0.3 is 20.5 Å². The second kappa shape index (κ2) is 9.68. The molecule has 178 valence electrons. The maximum Gasteiger partial charge on any atom is 0.408 e. The van der Waals surface area contributed by atoms with Crippen molar-refractivity contribution in [3.05, 3.63) is 41.6 Å². The first-order chi connectivity index (χ1) is 15.4. The number of aliphatic carboxylic acids is 1. The van der Waals surface area contributed by atoms with Crippen LogP contribution in [0.25, 0.3) is 0 Å². The smallest absolute Gasteiger partial charge is 0.408 e. The molecule has 0 radical (unpaired) electrons. The lowest BCUT2D eigenvalue weighted by atomic mass is 10.0. The summed E-state index contributed by atoms with van der Waals surface area (Å²) in [5.74, 6) is -2.28. The number of nitrogens with zero attached hydrogens (tertiary/aromatic N) is 1. The van der Waals surface area contributed by atoms with Gasteiger partial charge in [-0.1, -0.05) is 12.1 Å². The van der Waals surface area contributed by atoms with Crippen molar-refractivity contribution in [1.29, 1.82) is 0 Å². The van der Waals surface area contributed by atoms with Crippen LogP contribution in [0.15, 0.2) is 40.9 Å². The van der Waals surface area contributed by atoms with Crippen LogP contribution < -0.4 is 10.6 Å². The highest BCUT2D eigenvalue weighted by atomic mass is 32.2. The monoisotopic (exact) mass is 493 g/mol. The summed E-state index contributed by atoms with van der Waals surface area (Å²) < 4.78 is 5.31. The van der Waals surface area contributed by atoms with Gasteiger partial charge in [0.15, 0.2) is 0 Å². The van der Waals surface area contributed by atoms with Crippen molar-refractivity contribution in [2.24, 2.45) is 0 Å². The number of alkyl carbamates (subject to hydrolysis) is 1. The molecule has 3 amide bonds. The van der Waals surface area contributed by atoms with Crippen LogP contribution in [-0.2, 0) is 19.1 Å². The lowest BCUT2D eigenvalue weighted by molar-refractivity contribution is -0.150. The van der Waals surface area contributed by atoms with E-state index < -0.39 is 46.9 Å². The Hall–Kier alpha value is -2.66. The van der Waals surface area contributed by atoms with Crippen molar-refractivity contribution < 1.29 is 29.0 Å². The van der Waals surface area contributed by atoms with Gasteiger partial charge in [-0.15, -0.1) is 23.5 Å². The molecule has 4 atom stereocenters. The third-order valence-electron chi connectivity index (χ3n) is 4.94. The molecular formula is C22H27N3O6S2. The maximum absolute atomic E-state index is 13.2. The highest BCUT2D eigenvalue weighted by molar-refractivity contribution is 8.00. The van der Waals surface area contributed by atoms with E-state index in [9.17, 15) is 24.3 Å². The Kier molecular flexibility index (Phi) is 7.32. The average Bonchev–Trinajstić information content (AvgIpc) is 2.73. The number of fused-ring (bicyclic) bond motifs is 1. The second-order valence-corrected chi connectivity index (χ2v) is 11.0. The number of carbonyl (C=O) groups is 4. The number of carboxylic acid groups (broad SMARTS) is 1. The number of nitrogens with one attached hydrogen (secondary N) is 2. The molecule has 9 nitrogen and oxygen atoms in total. The summed E-state index contributed by atoms with van der Waals surface area (Å²) in [6.45, 7) is 6.97. The Morgan fingerprint density at radius 1 is 1.21 bits per heavy atom. The SMILES string of the molecule is CSc1ccc(C(NC(=O)OC(C)(C)C)C(=O)NC2C(=O)N3C(C(=O)O)=CC(C)S[C@H]23)cc1. The van der Waals surface area contributed by atoms with Gasteiger partial charge >= 0.3 is 12.1 Å². The number of hydrogen-bond donors (Lipinski definition) is 3. The number of hydrogen-bond acceptors (Lipinski definition) is 7. The summed E-state index contributed by atoms with van der Waals surface area (Å²) in [6.07, 6.45) is 2.67. The van der Waals surface area contributed by atoms with E-state index in [0.29, 0.717) is 5.56 Å². The number of ether oxygens (including phenoxy) is 1. The van der Waals surface area contributed by atoms with E-state index in [1.807, 2.05) is 25.3 Å². The zero-order chi connectivity index (χ0) is 24.5. The molecule has 11 heteroatoms. The molecule has 1 aromatic carbocycles. The molecule has 0 saturated carbocycles. The van der Waals surface area contributed by atoms with Crippen LogP contribution in [0.3, 0.4) is 0 Å². The molecule has 3 N–H and O–H groups in total. The van der Waals surface area contributed by atoms with Crippen LogP contribution in [0.5, 0.6) is 0 Å². The van der Waals surface area contributed by atoms with E-state index in [1.54, 1.807) is 32.9 Å². The predicted octanol–water partition coefficient (Wildman–Crippen LogP) is 2.73. The first kappa shape index (κ1) is 25.0. The zero-order valence-corrected chi connectivity index (χ0v) is 20.6. The number of thioether (sulfide) groups is 2. The molecule has 3 rings (SSSR count). The van der Waals surface area contributed by atoms with Crippen molar-refractivity contribution in [1.82, 2.24) is 15.5 Å². The minimum atomic E-state index is -1.19. The molecule has 0 bridgehead atoms. The molecule has 0 aliphatic carbocycles. The van der Waals surface area contributed by atoms with Crippen molar-refractivity contribution >= 4 is 47.4 Å². The van der Waals surface area contributed by atoms with Gasteiger partial charge in [0.25, 0.3) is 5.91 Å². The molecule has 2 aliphatic heterocycles. The van der Waals surface area contributed by atoms with Gasteiger partial charge in [0, 0.05) is 10.1 Å². The van der Waals surface area contributed by atoms with Crippen molar-refractivity contribution in [2.45, 2.75) is 60.9 Å². The van der Waals surface area contributed by atoms with E-state index in [2.05, 4.69) is 10.6 Å². The first-order valence-corrected chi connectivity index (χ1v) is 12.5. The molecule has 33 heavy (non-hydrogen) atoms. The van der Waals surface area contributed by atoms with Gasteiger partial charge in [-0.25, -0.2) is 9.59 Å². The van der Waals surface area contributed by atoms with Gasteiger partial charge in [0.05, 0.1) is 0 Å². The molecule has 3 unspecified atom stereocenters. The Labute approximate surface area is 200 Å². The van der Waals surface area contributed by atoms with E-state index in [4.69, 9.17) is 4.74 Å². The number of carbonyl (C=O) groups excluding carboxylic acids is 3. The third kappa shape index (κ3) is 5.64. The lowest BCUT2D eigenvalue weighted by Gasteiger charge is -2.49. The predicted molar refractivity (Wildman–Crippen MR) is 126 cm³/mol. The maximum atomic E-state index is 13.2. The van der Waals surface area contributed by atoms with E-state index in [1.165, 1.54) is 34.5 Å². The number of rotatable bonds is 6. The second-order valence-electron chi connectivity index (χ2n) is 8.64. The normalized spacial score (nSPS) is 22.9. The summed E-state index contributed by atoms with van der Waals surface area (Å²) in [4.78, 5) is 52.0. The minimum Gasteiger partial charge on any atom is -0.477 e. The number of amides is 3. The van der Waals surface area contributed by atoms with Crippen LogP contribution in [0, 0.1) is 0 Å². The van der Waals surface area contributed by atoms with Gasteiger partial charge in [-0.05, 0) is 57.7 Å². The Bertz CT molecular complexity index is 989. The fourth-order valence-corrected chi connectivity index (χ4v) is 5.22. The summed E-state index contributed by atoms with van der Waals surface area (Å²) >= 11 is 2.92. The van der Waals surface area contributed by atoms with Crippen LogP contribution in [0.2, 0.25) is 0 Å². The summed E-state index contributed by atoms with van der Waals surface area (Å²) in [6, 6.07) is 5.11. The van der Waals surface area contributed by atoms with E-state index in [-0.39, 0.29) is 10.9 Å². The van der Waals surface area contributed by atoms with Crippen molar-refractivity contribution in [2.75, 3.05) is 6.26 Å². The summed E-state index contributed by atoms with van der Waals surface area (Å²) in [5.41, 5.74) is -0.319. The average molecular weight is 494 g/mol. The number of benzene rings is 1. The van der Waals surface area contributed by atoms with Crippen LogP contribution in [0.1, 0.15) is 39.3 Å². The van der Waals surface area contributed by atoms with Crippen molar-refractivity contribution in [3.8, 4) is 0 Å². The highest BCUT2D eigenvalue weighted by Crippen LogP contribution is 2.40. The van der Waals surface area contributed by atoms with Crippen LogP contribution in [0.4, 0.5) is 4.79 Å².